The zero-order chi connectivity index (χ0) is 13.0. The SMILES string of the molecule is Cc1ccc(S)cc1C(=O)NCCc1cccs1. The van der Waals surface area contributed by atoms with Gasteiger partial charge in [-0.05, 0) is 42.5 Å². The number of benzene rings is 1. The van der Waals surface area contributed by atoms with E-state index in [2.05, 4.69) is 24.0 Å². The lowest BCUT2D eigenvalue weighted by Gasteiger charge is -2.07. The highest BCUT2D eigenvalue weighted by atomic mass is 32.1. The Labute approximate surface area is 116 Å². The van der Waals surface area contributed by atoms with Gasteiger partial charge in [-0.1, -0.05) is 12.1 Å². The second-order valence-corrected chi connectivity index (χ2v) is 5.63. The minimum Gasteiger partial charge on any atom is -0.352 e. The molecule has 0 aliphatic rings. The van der Waals surface area contributed by atoms with Gasteiger partial charge in [0.1, 0.15) is 0 Å². The number of hydrogen-bond donors (Lipinski definition) is 2. The smallest absolute Gasteiger partial charge is 0.251 e. The molecule has 0 spiro atoms. The summed E-state index contributed by atoms with van der Waals surface area (Å²) in [6, 6.07) is 9.71. The van der Waals surface area contributed by atoms with Crippen LogP contribution in [0.4, 0.5) is 0 Å². The molecule has 0 unspecified atom stereocenters. The predicted molar refractivity (Wildman–Crippen MR) is 78.8 cm³/mol. The Hall–Kier alpha value is -1.26. The summed E-state index contributed by atoms with van der Waals surface area (Å²) in [6.45, 7) is 2.59. The van der Waals surface area contributed by atoms with Gasteiger partial charge in [0.05, 0.1) is 0 Å². The van der Waals surface area contributed by atoms with Gasteiger partial charge in [-0.3, -0.25) is 4.79 Å². The Morgan fingerprint density at radius 1 is 1.39 bits per heavy atom. The Kier molecular flexibility index (Phi) is 4.44. The number of carbonyl (C=O) groups is 1. The van der Waals surface area contributed by atoms with Crippen LogP contribution in [0.2, 0.25) is 0 Å². The molecule has 0 saturated carbocycles. The third-order valence-corrected chi connectivity index (χ3v) is 3.92. The first-order valence-corrected chi connectivity index (χ1v) is 7.09. The maximum Gasteiger partial charge on any atom is 0.251 e. The lowest BCUT2D eigenvalue weighted by molar-refractivity contribution is 0.0953. The van der Waals surface area contributed by atoms with E-state index in [1.807, 2.05) is 30.5 Å². The number of hydrogen-bond acceptors (Lipinski definition) is 3. The first-order valence-electron chi connectivity index (χ1n) is 5.77. The van der Waals surface area contributed by atoms with Gasteiger partial charge in [0.15, 0.2) is 0 Å². The van der Waals surface area contributed by atoms with Crippen LogP contribution in [0.5, 0.6) is 0 Å². The second-order valence-electron chi connectivity index (χ2n) is 4.08. The van der Waals surface area contributed by atoms with Gasteiger partial charge < -0.3 is 5.32 Å². The summed E-state index contributed by atoms with van der Waals surface area (Å²) in [7, 11) is 0. The van der Waals surface area contributed by atoms with Crippen LogP contribution < -0.4 is 5.32 Å². The van der Waals surface area contributed by atoms with E-state index in [4.69, 9.17) is 0 Å². The van der Waals surface area contributed by atoms with E-state index in [0.717, 1.165) is 16.9 Å². The quantitative estimate of drug-likeness (QED) is 0.825. The van der Waals surface area contributed by atoms with Crippen molar-refractivity contribution in [2.75, 3.05) is 6.54 Å². The monoisotopic (exact) mass is 277 g/mol. The van der Waals surface area contributed by atoms with Gasteiger partial charge in [0, 0.05) is 21.9 Å². The van der Waals surface area contributed by atoms with Crippen molar-refractivity contribution in [1.82, 2.24) is 5.32 Å². The molecular formula is C14H15NOS2. The molecule has 0 saturated heterocycles. The largest absolute Gasteiger partial charge is 0.352 e. The molecule has 2 nitrogen and oxygen atoms in total. The van der Waals surface area contributed by atoms with Crippen molar-refractivity contribution in [2.24, 2.45) is 0 Å². The third kappa shape index (κ3) is 3.37. The number of aryl methyl sites for hydroxylation is 1. The average molecular weight is 277 g/mol. The van der Waals surface area contributed by atoms with E-state index >= 15 is 0 Å². The van der Waals surface area contributed by atoms with Crippen LogP contribution in [0.3, 0.4) is 0 Å². The molecule has 94 valence electrons. The zero-order valence-corrected chi connectivity index (χ0v) is 11.9. The maximum absolute atomic E-state index is 12.0. The van der Waals surface area contributed by atoms with Crippen LogP contribution in [-0.4, -0.2) is 12.5 Å². The van der Waals surface area contributed by atoms with Crippen LogP contribution in [0.25, 0.3) is 0 Å². The fourth-order valence-electron chi connectivity index (χ4n) is 1.70. The summed E-state index contributed by atoms with van der Waals surface area (Å²) in [5.41, 5.74) is 1.68. The normalized spacial score (nSPS) is 10.3. The molecule has 0 aliphatic heterocycles. The van der Waals surface area contributed by atoms with Gasteiger partial charge >= 0.3 is 0 Å². The predicted octanol–water partition coefficient (Wildman–Crippen LogP) is 3.32. The Morgan fingerprint density at radius 2 is 2.22 bits per heavy atom. The highest BCUT2D eigenvalue weighted by Gasteiger charge is 2.08. The Bertz CT molecular complexity index is 535. The first-order chi connectivity index (χ1) is 8.66. The minimum absolute atomic E-state index is 0.0278. The molecule has 0 bridgehead atoms. The average Bonchev–Trinajstić information content (AvgIpc) is 2.85. The number of thiol groups is 1. The molecule has 1 heterocycles. The van der Waals surface area contributed by atoms with Gasteiger partial charge in [-0.15, -0.1) is 24.0 Å². The van der Waals surface area contributed by atoms with Crippen molar-refractivity contribution in [2.45, 2.75) is 18.2 Å². The van der Waals surface area contributed by atoms with E-state index in [9.17, 15) is 4.79 Å². The molecule has 1 aromatic carbocycles. The van der Waals surface area contributed by atoms with Gasteiger partial charge in [-0.2, -0.15) is 0 Å². The lowest BCUT2D eigenvalue weighted by atomic mass is 10.1. The molecule has 18 heavy (non-hydrogen) atoms. The summed E-state index contributed by atoms with van der Waals surface area (Å²) >= 11 is 5.97. The molecule has 4 heteroatoms. The van der Waals surface area contributed by atoms with Crippen molar-refractivity contribution in [3.63, 3.8) is 0 Å². The Balaban J connectivity index is 1.93. The Morgan fingerprint density at radius 3 is 2.94 bits per heavy atom. The summed E-state index contributed by atoms with van der Waals surface area (Å²) < 4.78 is 0. The number of carbonyl (C=O) groups excluding carboxylic acids is 1. The van der Waals surface area contributed by atoms with E-state index < -0.39 is 0 Å². The molecule has 1 N–H and O–H groups in total. The van der Waals surface area contributed by atoms with Crippen molar-refractivity contribution >= 4 is 29.9 Å². The summed E-state index contributed by atoms with van der Waals surface area (Å²) in [6.07, 6.45) is 0.878. The van der Waals surface area contributed by atoms with Crippen molar-refractivity contribution < 1.29 is 4.79 Å². The molecule has 0 atom stereocenters. The molecule has 0 fully saturated rings. The molecule has 2 aromatic rings. The van der Waals surface area contributed by atoms with Crippen LogP contribution in [0, 0.1) is 6.92 Å². The van der Waals surface area contributed by atoms with Gasteiger partial charge in [0.25, 0.3) is 5.91 Å². The van der Waals surface area contributed by atoms with Crippen LogP contribution in [-0.2, 0) is 6.42 Å². The molecular weight excluding hydrogens is 262 g/mol. The topological polar surface area (TPSA) is 29.1 Å². The third-order valence-electron chi connectivity index (χ3n) is 2.70. The summed E-state index contributed by atoms with van der Waals surface area (Å²) in [4.78, 5) is 14.1. The van der Waals surface area contributed by atoms with Crippen LogP contribution in [0.15, 0.2) is 40.6 Å². The van der Waals surface area contributed by atoms with Crippen molar-refractivity contribution in [1.29, 1.82) is 0 Å². The molecule has 2 rings (SSSR count). The summed E-state index contributed by atoms with van der Waals surface area (Å²) in [5.74, 6) is -0.0278. The van der Waals surface area contributed by atoms with E-state index in [1.165, 1.54) is 4.88 Å². The first kappa shape index (κ1) is 13.2. The number of thiophene rings is 1. The second kappa shape index (κ2) is 6.07. The van der Waals surface area contributed by atoms with E-state index in [1.54, 1.807) is 17.4 Å². The zero-order valence-electron chi connectivity index (χ0n) is 10.1. The van der Waals surface area contributed by atoms with Crippen molar-refractivity contribution in [3.05, 3.63) is 51.7 Å². The van der Waals surface area contributed by atoms with Crippen LogP contribution >= 0.6 is 24.0 Å². The fraction of sp³-hybridized carbons (Fsp3) is 0.214. The minimum atomic E-state index is -0.0278. The van der Waals surface area contributed by atoms with Gasteiger partial charge in [0.2, 0.25) is 0 Å². The van der Waals surface area contributed by atoms with E-state index in [0.29, 0.717) is 12.1 Å². The highest BCUT2D eigenvalue weighted by molar-refractivity contribution is 7.80. The maximum atomic E-state index is 12.0. The number of nitrogens with one attached hydrogen (secondary N) is 1. The molecule has 0 aliphatic carbocycles. The molecule has 1 amide bonds. The van der Waals surface area contributed by atoms with Crippen molar-refractivity contribution in [3.8, 4) is 0 Å². The number of rotatable bonds is 4. The molecule has 0 radical (unpaired) electrons. The van der Waals surface area contributed by atoms with Crippen LogP contribution in [0.1, 0.15) is 20.8 Å². The highest BCUT2D eigenvalue weighted by Crippen LogP contribution is 2.14. The number of amides is 1. The standard InChI is InChI=1S/C14H15NOS2/c1-10-4-5-11(17)9-13(10)14(16)15-7-6-12-3-2-8-18-12/h2-5,8-9,17H,6-7H2,1H3,(H,15,16). The molecule has 1 aromatic heterocycles. The fourth-order valence-corrected chi connectivity index (χ4v) is 2.62. The lowest BCUT2D eigenvalue weighted by Crippen LogP contribution is -2.26. The summed E-state index contributed by atoms with van der Waals surface area (Å²) in [5, 5.41) is 4.99. The van der Waals surface area contributed by atoms with E-state index in [-0.39, 0.29) is 5.91 Å². The van der Waals surface area contributed by atoms with Gasteiger partial charge in [-0.25, -0.2) is 0 Å².